The van der Waals surface area contributed by atoms with Gasteiger partial charge >= 0.3 is 6.09 Å². The normalized spacial score (nSPS) is 9.95. The Morgan fingerprint density at radius 1 is 1.48 bits per heavy atom. The summed E-state index contributed by atoms with van der Waals surface area (Å²) >= 11 is 5.08. The highest BCUT2D eigenvalue weighted by Crippen LogP contribution is 2.27. The van der Waals surface area contributed by atoms with E-state index in [1.165, 1.54) is 4.88 Å². The van der Waals surface area contributed by atoms with Gasteiger partial charge in [-0.25, -0.2) is 4.79 Å². The van der Waals surface area contributed by atoms with Gasteiger partial charge in [0.05, 0.1) is 21.6 Å². The van der Waals surface area contributed by atoms with Crippen molar-refractivity contribution in [2.24, 2.45) is 0 Å². The molecule has 2 rings (SSSR count). The molecule has 1 aromatic heterocycles. The smallest absolute Gasteiger partial charge is 0.409 e. The molecule has 1 amide bonds. The van der Waals surface area contributed by atoms with Crippen LogP contribution in [0.5, 0.6) is 0 Å². The van der Waals surface area contributed by atoms with Crippen LogP contribution in [0.2, 0.25) is 0 Å². The Hall–Kier alpha value is -2.04. The van der Waals surface area contributed by atoms with Gasteiger partial charge in [0.1, 0.15) is 6.07 Å². The van der Waals surface area contributed by atoms with E-state index in [0.717, 1.165) is 9.47 Å². The predicted molar refractivity (Wildman–Crippen MR) is 86.9 cm³/mol. The number of hydrogen-bond donors (Lipinski definition) is 2. The zero-order valence-electron chi connectivity index (χ0n) is 11.1. The van der Waals surface area contributed by atoms with Gasteiger partial charge in [-0.2, -0.15) is 5.26 Å². The third-order valence-electron chi connectivity index (χ3n) is 2.83. The van der Waals surface area contributed by atoms with Crippen LogP contribution >= 0.6 is 27.3 Å². The number of nitrogens with one attached hydrogen (secondary N) is 1. The highest BCUT2D eigenvalue weighted by Gasteiger charge is 2.10. The van der Waals surface area contributed by atoms with Crippen LogP contribution in [0, 0.1) is 11.3 Å². The second-order valence-electron chi connectivity index (χ2n) is 4.33. The molecule has 0 saturated heterocycles. The lowest BCUT2D eigenvalue weighted by Gasteiger charge is -2.19. The summed E-state index contributed by atoms with van der Waals surface area (Å²) in [5, 5.41) is 20.1. The van der Waals surface area contributed by atoms with Crippen molar-refractivity contribution >= 4 is 44.7 Å². The van der Waals surface area contributed by atoms with Gasteiger partial charge in [-0.3, -0.25) is 5.32 Å². The summed E-state index contributed by atoms with van der Waals surface area (Å²) in [5.41, 5.74) is 1.45. The van der Waals surface area contributed by atoms with E-state index in [1.807, 2.05) is 30.1 Å². The molecule has 0 atom stereocenters. The standard InChI is InChI=1S/C14H12BrN3O2S/c1-18(8-11-3-5-13(15)21-11)10-2-4-12(17-14(19)20)9(6-10)7-16/h2-6,17H,8H2,1H3,(H,19,20). The number of halogens is 1. The number of hydrogen-bond acceptors (Lipinski definition) is 4. The van der Waals surface area contributed by atoms with Crippen molar-refractivity contribution < 1.29 is 9.90 Å². The van der Waals surface area contributed by atoms with E-state index in [-0.39, 0.29) is 0 Å². The highest BCUT2D eigenvalue weighted by molar-refractivity contribution is 9.11. The fourth-order valence-corrected chi connectivity index (χ4v) is 3.38. The molecule has 0 aliphatic rings. The van der Waals surface area contributed by atoms with E-state index >= 15 is 0 Å². The van der Waals surface area contributed by atoms with Crippen molar-refractivity contribution in [1.82, 2.24) is 0 Å². The van der Waals surface area contributed by atoms with Gasteiger partial charge in [0.25, 0.3) is 0 Å². The van der Waals surface area contributed by atoms with Crippen LogP contribution in [0.15, 0.2) is 34.1 Å². The fourth-order valence-electron chi connectivity index (χ4n) is 1.85. The average Bonchev–Trinajstić information content (AvgIpc) is 2.83. The molecule has 2 N–H and O–H groups in total. The van der Waals surface area contributed by atoms with Crippen molar-refractivity contribution in [3.8, 4) is 6.07 Å². The lowest BCUT2D eigenvalue weighted by molar-refractivity contribution is 0.209. The lowest BCUT2D eigenvalue weighted by Crippen LogP contribution is -2.16. The SMILES string of the molecule is CN(Cc1ccc(Br)s1)c1ccc(NC(=O)O)c(C#N)c1. The maximum atomic E-state index is 10.7. The van der Waals surface area contributed by atoms with Crippen LogP contribution in [-0.2, 0) is 6.54 Å². The number of nitrogens with zero attached hydrogens (tertiary/aromatic N) is 2. The molecular formula is C14H12BrN3O2S. The quantitative estimate of drug-likeness (QED) is 0.854. The first-order valence-electron chi connectivity index (χ1n) is 5.99. The average molecular weight is 366 g/mol. The summed E-state index contributed by atoms with van der Waals surface area (Å²) in [6, 6.07) is 11.1. The van der Waals surface area contributed by atoms with E-state index in [0.29, 0.717) is 17.8 Å². The third kappa shape index (κ3) is 3.97. The first-order valence-corrected chi connectivity index (χ1v) is 7.60. The number of anilines is 2. The zero-order valence-corrected chi connectivity index (χ0v) is 13.5. The van der Waals surface area contributed by atoms with Crippen molar-refractivity contribution in [1.29, 1.82) is 5.26 Å². The van der Waals surface area contributed by atoms with Crippen LogP contribution in [-0.4, -0.2) is 18.2 Å². The minimum Gasteiger partial charge on any atom is -0.465 e. The molecule has 0 unspecified atom stereocenters. The summed E-state index contributed by atoms with van der Waals surface area (Å²) in [6.07, 6.45) is -1.18. The topological polar surface area (TPSA) is 76.4 Å². The Labute approximate surface area is 134 Å². The van der Waals surface area contributed by atoms with E-state index < -0.39 is 6.09 Å². The van der Waals surface area contributed by atoms with Gasteiger partial charge in [-0.05, 0) is 46.3 Å². The van der Waals surface area contributed by atoms with Crippen molar-refractivity contribution in [3.05, 3.63) is 44.6 Å². The van der Waals surface area contributed by atoms with Gasteiger partial charge in [0.15, 0.2) is 0 Å². The number of amides is 1. The first-order chi connectivity index (χ1) is 9.99. The summed E-state index contributed by atoms with van der Waals surface area (Å²) in [5.74, 6) is 0. The maximum Gasteiger partial charge on any atom is 0.409 e. The summed E-state index contributed by atoms with van der Waals surface area (Å²) < 4.78 is 1.07. The third-order valence-corrected chi connectivity index (χ3v) is 4.44. The minimum absolute atomic E-state index is 0.293. The largest absolute Gasteiger partial charge is 0.465 e. The number of rotatable bonds is 4. The molecule has 108 valence electrons. The Morgan fingerprint density at radius 3 is 2.81 bits per heavy atom. The number of nitriles is 1. The molecule has 0 aliphatic heterocycles. The van der Waals surface area contributed by atoms with Crippen LogP contribution in [0.3, 0.4) is 0 Å². The molecule has 2 aromatic rings. The van der Waals surface area contributed by atoms with Crippen molar-refractivity contribution in [2.45, 2.75) is 6.54 Å². The van der Waals surface area contributed by atoms with Crippen molar-refractivity contribution in [2.75, 3.05) is 17.3 Å². The number of carboxylic acid groups (broad SMARTS) is 1. The van der Waals surface area contributed by atoms with Crippen LogP contribution < -0.4 is 10.2 Å². The monoisotopic (exact) mass is 365 g/mol. The Balaban J connectivity index is 2.20. The number of thiophene rings is 1. The summed E-state index contributed by atoms with van der Waals surface area (Å²) in [7, 11) is 1.93. The van der Waals surface area contributed by atoms with Gasteiger partial charge < -0.3 is 10.0 Å². The molecule has 0 fully saturated rings. The summed E-state index contributed by atoms with van der Waals surface area (Å²) in [4.78, 5) is 13.9. The molecule has 5 nitrogen and oxygen atoms in total. The number of benzene rings is 1. The fraction of sp³-hybridized carbons (Fsp3) is 0.143. The molecule has 0 bridgehead atoms. The van der Waals surface area contributed by atoms with E-state index in [9.17, 15) is 4.79 Å². The molecule has 0 aliphatic carbocycles. The van der Waals surface area contributed by atoms with E-state index in [2.05, 4.69) is 21.2 Å². The van der Waals surface area contributed by atoms with Crippen LogP contribution in [0.25, 0.3) is 0 Å². The van der Waals surface area contributed by atoms with Gasteiger partial charge in [0.2, 0.25) is 0 Å². The van der Waals surface area contributed by atoms with Crippen molar-refractivity contribution in [3.63, 3.8) is 0 Å². The molecule has 1 heterocycles. The molecule has 0 spiro atoms. The molecule has 7 heteroatoms. The minimum atomic E-state index is -1.18. The Morgan fingerprint density at radius 2 is 2.24 bits per heavy atom. The van der Waals surface area contributed by atoms with Crippen LogP contribution in [0.4, 0.5) is 16.2 Å². The van der Waals surface area contributed by atoms with Gasteiger partial charge in [-0.15, -0.1) is 11.3 Å². The molecule has 0 radical (unpaired) electrons. The molecule has 1 aromatic carbocycles. The van der Waals surface area contributed by atoms with E-state index in [4.69, 9.17) is 10.4 Å². The molecular weight excluding hydrogens is 354 g/mol. The second kappa shape index (κ2) is 6.61. The van der Waals surface area contributed by atoms with Gasteiger partial charge in [0, 0.05) is 17.6 Å². The molecule has 21 heavy (non-hydrogen) atoms. The summed E-state index contributed by atoms with van der Waals surface area (Å²) in [6.45, 7) is 0.715. The maximum absolute atomic E-state index is 10.7. The molecule has 0 saturated carbocycles. The van der Waals surface area contributed by atoms with Crippen LogP contribution in [0.1, 0.15) is 10.4 Å². The second-order valence-corrected chi connectivity index (χ2v) is 6.88. The predicted octanol–water partition coefficient (Wildman–Crippen LogP) is 4.11. The number of carbonyl (C=O) groups is 1. The zero-order chi connectivity index (χ0) is 15.4. The Bertz CT molecular complexity index is 708. The highest BCUT2D eigenvalue weighted by atomic mass is 79.9. The van der Waals surface area contributed by atoms with Gasteiger partial charge in [-0.1, -0.05) is 0 Å². The van der Waals surface area contributed by atoms with E-state index in [1.54, 1.807) is 29.5 Å². The Kier molecular flexibility index (Phi) is 4.83. The first kappa shape index (κ1) is 15.4. The lowest BCUT2D eigenvalue weighted by atomic mass is 10.1.